The van der Waals surface area contributed by atoms with Crippen LogP contribution in [0.4, 0.5) is 4.39 Å². The van der Waals surface area contributed by atoms with Crippen molar-refractivity contribution in [2.45, 2.75) is 37.1 Å². The molecular formula is C12H15BrFNO2S. The lowest BCUT2D eigenvalue weighted by molar-refractivity contribution is 0.260. The Hall–Kier alpha value is -0.460. The predicted molar refractivity (Wildman–Crippen MR) is 71.2 cm³/mol. The Morgan fingerprint density at radius 3 is 2.61 bits per heavy atom. The minimum absolute atomic E-state index is 0.0788. The van der Waals surface area contributed by atoms with Crippen LogP contribution in [0.15, 0.2) is 27.6 Å². The summed E-state index contributed by atoms with van der Waals surface area (Å²) in [5, 5.41) is 0. The Kier molecular flexibility index (Phi) is 4.08. The summed E-state index contributed by atoms with van der Waals surface area (Å²) in [6.07, 6.45) is 3.29. The van der Waals surface area contributed by atoms with Crippen molar-refractivity contribution in [3.8, 4) is 0 Å². The van der Waals surface area contributed by atoms with E-state index in [4.69, 9.17) is 0 Å². The molecule has 0 radical (unpaired) electrons. The van der Waals surface area contributed by atoms with Gasteiger partial charge in [0.2, 0.25) is 10.0 Å². The molecule has 6 heteroatoms. The van der Waals surface area contributed by atoms with Crippen LogP contribution < -0.4 is 4.72 Å². The van der Waals surface area contributed by atoms with Crippen molar-refractivity contribution in [2.24, 2.45) is 5.92 Å². The van der Waals surface area contributed by atoms with E-state index in [2.05, 4.69) is 20.7 Å². The molecule has 1 unspecified atom stereocenters. The highest BCUT2D eigenvalue weighted by molar-refractivity contribution is 9.10. The molecule has 1 aromatic rings. The van der Waals surface area contributed by atoms with Crippen LogP contribution in [0.2, 0.25) is 0 Å². The van der Waals surface area contributed by atoms with Crippen LogP contribution in [0.25, 0.3) is 0 Å². The Morgan fingerprint density at radius 1 is 1.44 bits per heavy atom. The normalized spacial score (nSPS) is 18.4. The van der Waals surface area contributed by atoms with E-state index in [1.54, 1.807) is 0 Å². The van der Waals surface area contributed by atoms with Gasteiger partial charge in [-0.2, -0.15) is 0 Å². The molecule has 0 spiro atoms. The second kappa shape index (κ2) is 5.27. The van der Waals surface area contributed by atoms with Crippen molar-refractivity contribution < 1.29 is 12.8 Å². The lowest BCUT2D eigenvalue weighted by atomic mass is 9.81. The summed E-state index contributed by atoms with van der Waals surface area (Å²) in [5.74, 6) is -0.0492. The van der Waals surface area contributed by atoms with Crippen molar-refractivity contribution in [1.29, 1.82) is 0 Å². The Bertz CT molecular complexity index is 543. The maximum atomic E-state index is 12.9. The number of rotatable bonds is 4. The van der Waals surface area contributed by atoms with E-state index >= 15 is 0 Å². The zero-order valence-corrected chi connectivity index (χ0v) is 12.4. The molecule has 1 aromatic carbocycles. The molecule has 3 nitrogen and oxygen atoms in total. The first-order valence-corrected chi connectivity index (χ1v) is 8.15. The average Bonchev–Trinajstić information content (AvgIpc) is 2.12. The Morgan fingerprint density at radius 2 is 2.11 bits per heavy atom. The summed E-state index contributed by atoms with van der Waals surface area (Å²) in [6.45, 7) is 1.87. The van der Waals surface area contributed by atoms with E-state index in [-0.39, 0.29) is 15.4 Å². The number of hydrogen-bond donors (Lipinski definition) is 1. The third kappa shape index (κ3) is 2.92. The summed E-state index contributed by atoms with van der Waals surface area (Å²) in [5.41, 5.74) is 0. The van der Waals surface area contributed by atoms with Gasteiger partial charge in [-0.3, -0.25) is 0 Å². The summed E-state index contributed by atoms with van der Waals surface area (Å²) in [4.78, 5) is 0.0788. The zero-order valence-electron chi connectivity index (χ0n) is 9.99. The van der Waals surface area contributed by atoms with Gasteiger partial charge in [0.1, 0.15) is 5.82 Å². The molecule has 0 amide bonds. The van der Waals surface area contributed by atoms with Crippen molar-refractivity contribution >= 4 is 26.0 Å². The van der Waals surface area contributed by atoms with Crippen LogP contribution >= 0.6 is 15.9 Å². The first kappa shape index (κ1) is 14.0. The van der Waals surface area contributed by atoms with Crippen LogP contribution in [0, 0.1) is 11.7 Å². The topological polar surface area (TPSA) is 46.2 Å². The van der Waals surface area contributed by atoms with Crippen LogP contribution in [0.5, 0.6) is 0 Å². The van der Waals surface area contributed by atoms with Gasteiger partial charge in [-0.15, -0.1) is 0 Å². The largest absolute Gasteiger partial charge is 0.241 e. The highest BCUT2D eigenvalue weighted by Crippen LogP contribution is 2.30. The summed E-state index contributed by atoms with van der Waals surface area (Å²) in [7, 11) is -3.59. The van der Waals surface area contributed by atoms with Gasteiger partial charge in [0.25, 0.3) is 0 Å². The number of halogens is 2. The molecule has 1 saturated carbocycles. The minimum Gasteiger partial charge on any atom is -0.208 e. The van der Waals surface area contributed by atoms with Crippen LogP contribution in [0.3, 0.4) is 0 Å². The Labute approximate surface area is 115 Å². The van der Waals surface area contributed by atoms with Gasteiger partial charge in [0.05, 0.1) is 4.90 Å². The van der Waals surface area contributed by atoms with E-state index in [1.807, 2.05) is 6.92 Å². The second-order valence-electron chi connectivity index (χ2n) is 4.68. The molecule has 1 aliphatic carbocycles. The van der Waals surface area contributed by atoms with E-state index < -0.39 is 15.8 Å². The monoisotopic (exact) mass is 335 g/mol. The number of benzene rings is 1. The zero-order chi connectivity index (χ0) is 13.3. The van der Waals surface area contributed by atoms with Crippen molar-refractivity contribution in [1.82, 2.24) is 4.72 Å². The highest BCUT2D eigenvalue weighted by Gasteiger charge is 2.28. The van der Waals surface area contributed by atoms with Crippen LogP contribution in [-0.4, -0.2) is 14.5 Å². The fraction of sp³-hybridized carbons (Fsp3) is 0.500. The SMILES string of the molecule is CC(NS(=O)(=O)c1ccc(F)cc1Br)C1CCC1. The molecular weight excluding hydrogens is 321 g/mol. The van der Waals surface area contributed by atoms with E-state index in [9.17, 15) is 12.8 Å². The van der Waals surface area contributed by atoms with E-state index in [1.165, 1.54) is 6.07 Å². The molecule has 1 fully saturated rings. The molecule has 0 saturated heterocycles. The first-order chi connectivity index (χ1) is 8.40. The second-order valence-corrected chi connectivity index (χ2v) is 7.21. The average molecular weight is 336 g/mol. The van der Waals surface area contributed by atoms with Crippen molar-refractivity contribution in [3.63, 3.8) is 0 Å². The van der Waals surface area contributed by atoms with E-state index in [0.29, 0.717) is 5.92 Å². The summed E-state index contributed by atoms with van der Waals surface area (Å²) in [6, 6.07) is 3.49. The lowest BCUT2D eigenvalue weighted by Gasteiger charge is -2.31. The number of hydrogen-bond acceptors (Lipinski definition) is 2. The van der Waals surface area contributed by atoms with Crippen LogP contribution in [-0.2, 0) is 10.0 Å². The molecule has 1 aliphatic rings. The Balaban J connectivity index is 2.19. The van der Waals surface area contributed by atoms with Crippen LogP contribution in [0.1, 0.15) is 26.2 Å². The molecule has 2 rings (SSSR count). The summed E-state index contributed by atoms with van der Waals surface area (Å²) >= 11 is 3.08. The van der Waals surface area contributed by atoms with Gasteiger partial charge < -0.3 is 0 Å². The molecule has 100 valence electrons. The molecule has 0 bridgehead atoms. The fourth-order valence-electron chi connectivity index (χ4n) is 2.04. The molecule has 1 N–H and O–H groups in total. The smallest absolute Gasteiger partial charge is 0.208 e. The summed E-state index contributed by atoms with van der Waals surface area (Å²) < 4.78 is 40.2. The standard InChI is InChI=1S/C12H15BrFNO2S/c1-8(9-3-2-4-9)15-18(16,17)12-6-5-10(14)7-11(12)13/h5-9,15H,2-4H2,1H3. The number of nitrogens with one attached hydrogen (secondary N) is 1. The maximum absolute atomic E-state index is 12.9. The highest BCUT2D eigenvalue weighted by atomic mass is 79.9. The maximum Gasteiger partial charge on any atom is 0.241 e. The quantitative estimate of drug-likeness (QED) is 0.919. The first-order valence-electron chi connectivity index (χ1n) is 5.87. The molecule has 0 heterocycles. The molecule has 1 atom stereocenters. The van der Waals surface area contributed by atoms with Gasteiger partial charge in [0, 0.05) is 10.5 Å². The fourth-order valence-corrected chi connectivity index (χ4v) is 4.40. The third-order valence-electron chi connectivity index (χ3n) is 3.38. The third-order valence-corrected chi connectivity index (χ3v) is 5.92. The molecule has 0 aromatic heterocycles. The molecule has 0 aliphatic heterocycles. The van der Waals surface area contributed by atoms with Gasteiger partial charge >= 0.3 is 0 Å². The van der Waals surface area contributed by atoms with Gasteiger partial charge in [-0.05, 0) is 59.8 Å². The van der Waals surface area contributed by atoms with Crippen molar-refractivity contribution in [3.05, 3.63) is 28.5 Å². The van der Waals surface area contributed by atoms with Gasteiger partial charge in [-0.1, -0.05) is 6.42 Å². The van der Waals surface area contributed by atoms with E-state index in [0.717, 1.165) is 31.4 Å². The minimum atomic E-state index is -3.59. The molecule has 18 heavy (non-hydrogen) atoms. The van der Waals surface area contributed by atoms with Gasteiger partial charge in [-0.25, -0.2) is 17.5 Å². The number of sulfonamides is 1. The van der Waals surface area contributed by atoms with Gasteiger partial charge in [0.15, 0.2) is 0 Å². The predicted octanol–water partition coefficient (Wildman–Crippen LogP) is 3.06. The van der Waals surface area contributed by atoms with Crippen molar-refractivity contribution in [2.75, 3.05) is 0 Å². The lowest BCUT2D eigenvalue weighted by Crippen LogP contribution is -2.40.